The molecule has 0 unspecified atom stereocenters. The summed E-state index contributed by atoms with van der Waals surface area (Å²) in [6.45, 7) is 0.389. The summed E-state index contributed by atoms with van der Waals surface area (Å²) >= 11 is 0. The highest BCUT2D eigenvalue weighted by atomic mass is 16.4. The first-order chi connectivity index (χ1) is 8.84. The summed E-state index contributed by atoms with van der Waals surface area (Å²) in [5.41, 5.74) is 2.37. The number of oxazole rings is 1. The van der Waals surface area contributed by atoms with Gasteiger partial charge in [0.1, 0.15) is 0 Å². The molecule has 4 heteroatoms. The van der Waals surface area contributed by atoms with Gasteiger partial charge in [0, 0.05) is 5.69 Å². The van der Waals surface area contributed by atoms with Crippen LogP contribution in [0.1, 0.15) is 0 Å². The molecular weight excluding hydrogens is 228 g/mol. The predicted molar refractivity (Wildman–Crippen MR) is 70.5 cm³/mol. The van der Waals surface area contributed by atoms with E-state index in [2.05, 4.69) is 5.32 Å². The van der Waals surface area contributed by atoms with Crippen molar-refractivity contribution in [3.63, 3.8) is 0 Å². The first kappa shape index (κ1) is 10.7. The number of fused-ring (bicyclic) bond motifs is 1. The van der Waals surface area contributed by atoms with Crippen molar-refractivity contribution in [2.45, 2.75) is 6.67 Å². The second kappa shape index (κ2) is 4.41. The highest BCUT2D eigenvalue weighted by Crippen LogP contribution is 2.12. The van der Waals surface area contributed by atoms with E-state index in [4.69, 9.17) is 4.42 Å². The molecule has 1 N–H and O–H groups in total. The van der Waals surface area contributed by atoms with Crippen molar-refractivity contribution in [3.8, 4) is 0 Å². The molecule has 1 aromatic heterocycles. The molecule has 0 spiro atoms. The van der Waals surface area contributed by atoms with Crippen LogP contribution in [0.2, 0.25) is 0 Å². The van der Waals surface area contributed by atoms with Gasteiger partial charge in [-0.1, -0.05) is 30.3 Å². The summed E-state index contributed by atoms with van der Waals surface area (Å²) in [4.78, 5) is 11.7. The molecule has 2 aromatic carbocycles. The van der Waals surface area contributed by atoms with Gasteiger partial charge in [-0.05, 0) is 24.3 Å². The zero-order valence-electron chi connectivity index (χ0n) is 9.67. The van der Waals surface area contributed by atoms with Crippen LogP contribution >= 0.6 is 0 Å². The SMILES string of the molecule is O=c1oc2ccccc2n1CNc1ccccc1. The van der Waals surface area contributed by atoms with Crippen LogP contribution in [0.4, 0.5) is 5.69 Å². The minimum Gasteiger partial charge on any atom is -0.408 e. The van der Waals surface area contributed by atoms with Crippen LogP contribution in [0.5, 0.6) is 0 Å². The van der Waals surface area contributed by atoms with E-state index in [9.17, 15) is 4.79 Å². The van der Waals surface area contributed by atoms with Crippen molar-refractivity contribution < 1.29 is 4.42 Å². The lowest BCUT2D eigenvalue weighted by Crippen LogP contribution is -2.19. The molecule has 90 valence electrons. The van der Waals surface area contributed by atoms with Crippen molar-refractivity contribution >= 4 is 16.8 Å². The Morgan fingerprint density at radius 1 is 1.00 bits per heavy atom. The number of anilines is 1. The molecule has 0 aliphatic heterocycles. The summed E-state index contributed by atoms with van der Waals surface area (Å²) in [5, 5.41) is 3.18. The van der Waals surface area contributed by atoms with Gasteiger partial charge in [-0.3, -0.25) is 4.57 Å². The maximum Gasteiger partial charge on any atom is 0.421 e. The maximum atomic E-state index is 11.7. The molecule has 0 saturated heterocycles. The van der Waals surface area contributed by atoms with Gasteiger partial charge < -0.3 is 9.73 Å². The van der Waals surface area contributed by atoms with Gasteiger partial charge >= 0.3 is 5.76 Å². The average molecular weight is 240 g/mol. The van der Waals surface area contributed by atoms with Crippen molar-refractivity contribution in [1.82, 2.24) is 4.57 Å². The van der Waals surface area contributed by atoms with Crippen LogP contribution < -0.4 is 11.1 Å². The largest absolute Gasteiger partial charge is 0.421 e. The molecule has 0 saturated carbocycles. The smallest absolute Gasteiger partial charge is 0.408 e. The van der Waals surface area contributed by atoms with E-state index in [1.807, 2.05) is 48.5 Å². The molecule has 0 amide bonds. The molecule has 18 heavy (non-hydrogen) atoms. The fourth-order valence-corrected chi connectivity index (χ4v) is 1.89. The Hall–Kier alpha value is -2.49. The Morgan fingerprint density at radius 3 is 2.56 bits per heavy atom. The van der Waals surface area contributed by atoms with Gasteiger partial charge in [-0.2, -0.15) is 0 Å². The number of hydrogen-bond donors (Lipinski definition) is 1. The Morgan fingerprint density at radius 2 is 1.72 bits per heavy atom. The maximum absolute atomic E-state index is 11.7. The highest BCUT2D eigenvalue weighted by molar-refractivity contribution is 5.72. The highest BCUT2D eigenvalue weighted by Gasteiger charge is 2.07. The molecule has 1 heterocycles. The zero-order valence-corrected chi connectivity index (χ0v) is 9.67. The summed E-state index contributed by atoms with van der Waals surface area (Å²) in [6, 6.07) is 17.1. The molecule has 3 aromatic rings. The minimum absolute atomic E-state index is 0.348. The third kappa shape index (κ3) is 1.88. The van der Waals surface area contributed by atoms with Crippen LogP contribution in [0, 0.1) is 0 Å². The third-order valence-electron chi connectivity index (χ3n) is 2.79. The fourth-order valence-electron chi connectivity index (χ4n) is 1.89. The van der Waals surface area contributed by atoms with Crippen LogP contribution in [0.15, 0.2) is 63.8 Å². The third-order valence-corrected chi connectivity index (χ3v) is 2.79. The predicted octanol–water partition coefficient (Wildman–Crippen LogP) is 2.66. The molecule has 0 aliphatic rings. The van der Waals surface area contributed by atoms with Gasteiger partial charge in [0.25, 0.3) is 0 Å². The van der Waals surface area contributed by atoms with E-state index >= 15 is 0 Å². The van der Waals surface area contributed by atoms with Crippen molar-refractivity contribution in [3.05, 3.63) is 65.1 Å². The second-order valence-electron chi connectivity index (χ2n) is 3.96. The Labute approximate surface area is 103 Å². The molecule has 3 rings (SSSR count). The summed E-state index contributed by atoms with van der Waals surface area (Å²) < 4.78 is 6.73. The Bertz CT molecular complexity index is 713. The molecule has 0 fully saturated rings. The molecule has 4 nitrogen and oxygen atoms in total. The van der Waals surface area contributed by atoms with E-state index in [-0.39, 0.29) is 5.76 Å². The quantitative estimate of drug-likeness (QED) is 0.765. The normalized spacial score (nSPS) is 10.7. The van der Waals surface area contributed by atoms with Crippen LogP contribution in [-0.4, -0.2) is 4.57 Å². The van der Waals surface area contributed by atoms with E-state index in [0.717, 1.165) is 11.2 Å². The molecule has 0 atom stereocenters. The monoisotopic (exact) mass is 240 g/mol. The van der Waals surface area contributed by atoms with Crippen molar-refractivity contribution in [2.24, 2.45) is 0 Å². The zero-order chi connectivity index (χ0) is 12.4. The number of nitrogens with zero attached hydrogens (tertiary/aromatic N) is 1. The number of hydrogen-bond acceptors (Lipinski definition) is 3. The number of benzene rings is 2. The number of aromatic nitrogens is 1. The lowest BCUT2D eigenvalue weighted by molar-refractivity contribution is 0.515. The van der Waals surface area contributed by atoms with Crippen molar-refractivity contribution in [1.29, 1.82) is 0 Å². The molecule has 0 bridgehead atoms. The summed E-state index contributed by atoms with van der Waals surface area (Å²) in [7, 11) is 0. The average Bonchev–Trinajstić information content (AvgIpc) is 2.73. The van der Waals surface area contributed by atoms with Gasteiger partial charge in [-0.25, -0.2) is 4.79 Å². The molecule has 0 radical (unpaired) electrons. The topological polar surface area (TPSA) is 47.2 Å². The first-order valence-electron chi connectivity index (χ1n) is 5.72. The van der Waals surface area contributed by atoms with Gasteiger partial charge in [0.2, 0.25) is 0 Å². The second-order valence-corrected chi connectivity index (χ2v) is 3.96. The Kier molecular flexibility index (Phi) is 2.61. The van der Waals surface area contributed by atoms with Crippen molar-refractivity contribution in [2.75, 3.05) is 5.32 Å². The summed E-state index contributed by atoms with van der Waals surface area (Å²) in [5.74, 6) is -0.348. The van der Waals surface area contributed by atoms with E-state index in [1.54, 1.807) is 10.6 Å². The van der Waals surface area contributed by atoms with Crippen LogP contribution in [0.25, 0.3) is 11.1 Å². The van der Waals surface area contributed by atoms with Gasteiger partial charge in [0.05, 0.1) is 12.2 Å². The lowest BCUT2D eigenvalue weighted by Gasteiger charge is -2.06. The summed E-state index contributed by atoms with van der Waals surface area (Å²) in [6.07, 6.45) is 0. The number of para-hydroxylation sites is 3. The Balaban J connectivity index is 1.91. The van der Waals surface area contributed by atoms with Gasteiger partial charge in [0.15, 0.2) is 5.58 Å². The van der Waals surface area contributed by atoms with Crippen LogP contribution in [0.3, 0.4) is 0 Å². The van der Waals surface area contributed by atoms with E-state index in [1.165, 1.54) is 0 Å². The number of nitrogens with one attached hydrogen (secondary N) is 1. The number of rotatable bonds is 3. The van der Waals surface area contributed by atoms with E-state index < -0.39 is 0 Å². The van der Waals surface area contributed by atoms with Gasteiger partial charge in [-0.15, -0.1) is 0 Å². The van der Waals surface area contributed by atoms with E-state index in [0.29, 0.717) is 12.3 Å². The lowest BCUT2D eigenvalue weighted by atomic mass is 10.3. The molecular formula is C14H12N2O2. The standard InChI is InChI=1S/C14H12N2O2/c17-14-16(10-15-11-6-2-1-3-7-11)12-8-4-5-9-13(12)18-14/h1-9,15H,10H2. The van der Waals surface area contributed by atoms with Crippen LogP contribution in [-0.2, 0) is 6.67 Å². The molecule has 0 aliphatic carbocycles. The first-order valence-corrected chi connectivity index (χ1v) is 5.72. The minimum atomic E-state index is -0.348. The fraction of sp³-hybridized carbons (Fsp3) is 0.0714.